The van der Waals surface area contributed by atoms with E-state index in [0.717, 1.165) is 19.6 Å². The van der Waals surface area contributed by atoms with Crippen LogP contribution in [-0.2, 0) is 11.3 Å². The van der Waals surface area contributed by atoms with Gasteiger partial charge in [0.2, 0.25) is 0 Å². The Labute approximate surface area is 173 Å². The fourth-order valence-corrected chi connectivity index (χ4v) is 3.13. The van der Waals surface area contributed by atoms with Crippen LogP contribution in [-0.4, -0.2) is 55.3 Å². The van der Waals surface area contributed by atoms with E-state index in [1.807, 2.05) is 6.07 Å². The Bertz CT molecular complexity index is 587. The van der Waals surface area contributed by atoms with Crippen molar-refractivity contribution in [3.8, 4) is 0 Å². The second-order valence-electron chi connectivity index (χ2n) is 7.35. The molecule has 0 saturated carbocycles. The summed E-state index contributed by atoms with van der Waals surface area (Å²) >= 11 is 0. The molecule has 2 atom stereocenters. The van der Waals surface area contributed by atoms with E-state index >= 15 is 0 Å². The van der Waals surface area contributed by atoms with Crippen LogP contribution in [0.2, 0.25) is 0 Å². The molecule has 0 aromatic heterocycles. The third-order valence-electron chi connectivity index (χ3n) is 4.59. The van der Waals surface area contributed by atoms with Gasteiger partial charge in [-0.25, -0.2) is 4.39 Å². The zero-order valence-electron chi connectivity index (χ0n) is 16.4. The van der Waals surface area contributed by atoms with Crippen LogP contribution in [0.5, 0.6) is 0 Å². The summed E-state index contributed by atoms with van der Waals surface area (Å²) in [5, 5.41) is 6.54. The molecule has 0 bridgehead atoms. The Balaban J connectivity index is 0.00000338. The minimum absolute atomic E-state index is 0. The predicted octanol–water partition coefficient (Wildman–Crippen LogP) is 3.00. The molecule has 0 spiro atoms. The highest BCUT2D eigenvalue weighted by Gasteiger charge is 2.33. The molecule has 1 aliphatic rings. The van der Waals surface area contributed by atoms with E-state index in [2.05, 4.69) is 48.2 Å². The molecule has 7 heteroatoms. The third kappa shape index (κ3) is 6.66. The van der Waals surface area contributed by atoms with E-state index in [0.29, 0.717) is 18.1 Å². The summed E-state index contributed by atoms with van der Waals surface area (Å²) < 4.78 is 19.5. The Hall–Kier alpha value is -0.930. The van der Waals surface area contributed by atoms with Crippen molar-refractivity contribution in [1.82, 2.24) is 15.5 Å². The average molecular weight is 478 g/mol. The summed E-state index contributed by atoms with van der Waals surface area (Å²) in [6.07, 6.45) is 0.475. The minimum atomic E-state index is -0.206. The Kier molecular flexibility index (Phi) is 9.26. The van der Waals surface area contributed by atoms with Crippen molar-refractivity contribution in [2.45, 2.75) is 52.0 Å². The zero-order chi connectivity index (χ0) is 18.4. The van der Waals surface area contributed by atoms with E-state index in [9.17, 15) is 4.39 Å². The second-order valence-corrected chi connectivity index (χ2v) is 7.35. The Morgan fingerprint density at radius 3 is 2.42 bits per heavy atom. The largest absolute Gasteiger partial charge is 0.373 e. The molecule has 0 aliphatic carbocycles. The first-order valence-corrected chi connectivity index (χ1v) is 8.90. The SMILES string of the molecule is CN=C(NCc1ccccc1F)NCC(C)(C)N1CC(C)OC(C)C1.I. The molecule has 2 N–H and O–H groups in total. The third-order valence-corrected chi connectivity index (χ3v) is 4.59. The van der Waals surface area contributed by atoms with Gasteiger partial charge in [0, 0.05) is 44.3 Å². The molecule has 1 aromatic rings. The summed E-state index contributed by atoms with van der Waals surface area (Å²) in [4.78, 5) is 6.69. The predicted molar refractivity (Wildman–Crippen MR) is 116 cm³/mol. The van der Waals surface area contributed by atoms with Gasteiger partial charge in [-0.15, -0.1) is 24.0 Å². The highest BCUT2D eigenvalue weighted by atomic mass is 127. The summed E-state index contributed by atoms with van der Waals surface area (Å²) in [5.41, 5.74) is 0.586. The number of halogens is 2. The van der Waals surface area contributed by atoms with Gasteiger partial charge in [0.05, 0.1) is 12.2 Å². The van der Waals surface area contributed by atoms with E-state index in [1.165, 1.54) is 6.07 Å². The number of hydrogen-bond acceptors (Lipinski definition) is 3. The first-order chi connectivity index (χ1) is 11.8. The van der Waals surface area contributed by atoms with Crippen molar-refractivity contribution < 1.29 is 9.13 Å². The van der Waals surface area contributed by atoms with Gasteiger partial charge in [0.15, 0.2) is 5.96 Å². The van der Waals surface area contributed by atoms with Gasteiger partial charge >= 0.3 is 0 Å². The van der Waals surface area contributed by atoms with Crippen molar-refractivity contribution >= 4 is 29.9 Å². The number of guanidine groups is 1. The smallest absolute Gasteiger partial charge is 0.191 e. The van der Waals surface area contributed by atoms with Crippen molar-refractivity contribution in [2.24, 2.45) is 4.99 Å². The maximum Gasteiger partial charge on any atom is 0.191 e. The van der Waals surface area contributed by atoms with Crippen LogP contribution in [0.1, 0.15) is 33.3 Å². The van der Waals surface area contributed by atoms with Gasteiger partial charge < -0.3 is 15.4 Å². The molecule has 2 unspecified atom stereocenters. The minimum Gasteiger partial charge on any atom is -0.373 e. The molecule has 0 amide bonds. The number of nitrogens with one attached hydrogen (secondary N) is 2. The molecule has 26 heavy (non-hydrogen) atoms. The maximum atomic E-state index is 13.7. The highest BCUT2D eigenvalue weighted by molar-refractivity contribution is 14.0. The van der Waals surface area contributed by atoms with Crippen LogP contribution >= 0.6 is 24.0 Å². The lowest BCUT2D eigenvalue weighted by molar-refractivity contribution is -0.0946. The van der Waals surface area contributed by atoms with Crippen molar-refractivity contribution in [2.75, 3.05) is 26.7 Å². The van der Waals surface area contributed by atoms with Gasteiger partial charge in [0.1, 0.15) is 5.82 Å². The molecule has 0 radical (unpaired) electrons. The normalized spacial score (nSPS) is 21.8. The van der Waals surface area contributed by atoms with Crippen molar-refractivity contribution in [3.63, 3.8) is 0 Å². The molecule has 1 aliphatic heterocycles. The van der Waals surface area contributed by atoms with Gasteiger partial charge in [-0.2, -0.15) is 0 Å². The van der Waals surface area contributed by atoms with Gasteiger partial charge in [-0.1, -0.05) is 18.2 Å². The van der Waals surface area contributed by atoms with Crippen LogP contribution < -0.4 is 10.6 Å². The lowest BCUT2D eigenvalue weighted by atomic mass is 10.00. The van der Waals surface area contributed by atoms with Gasteiger partial charge in [-0.3, -0.25) is 9.89 Å². The summed E-state index contributed by atoms with van der Waals surface area (Å²) in [5.74, 6) is 0.466. The fraction of sp³-hybridized carbons (Fsp3) is 0.632. The second kappa shape index (κ2) is 10.4. The van der Waals surface area contributed by atoms with Crippen LogP contribution in [0.15, 0.2) is 29.3 Å². The number of ether oxygens (including phenoxy) is 1. The van der Waals surface area contributed by atoms with Crippen LogP contribution in [0, 0.1) is 5.82 Å². The number of nitrogens with zero attached hydrogens (tertiary/aromatic N) is 2. The van der Waals surface area contributed by atoms with Crippen LogP contribution in [0.3, 0.4) is 0 Å². The molecule has 5 nitrogen and oxygen atoms in total. The molecular weight excluding hydrogens is 446 g/mol. The Morgan fingerprint density at radius 1 is 1.23 bits per heavy atom. The van der Waals surface area contributed by atoms with E-state index in [-0.39, 0.29) is 47.5 Å². The highest BCUT2D eigenvalue weighted by Crippen LogP contribution is 2.20. The molecule has 1 fully saturated rings. The average Bonchev–Trinajstić information content (AvgIpc) is 2.55. The number of benzene rings is 1. The van der Waals surface area contributed by atoms with Gasteiger partial charge in [0.25, 0.3) is 0 Å². The number of hydrogen-bond donors (Lipinski definition) is 2. The molecule has 148 valence electrons. The van der Waals surface area contributed by atoms with Crippen molar-refractivity contribution in [1.29, 1.82) is 0 Å². The summed E-state index contributed by atoms with van der Waals surface area (Å²) in [7, 11) is 1.72. The Morgan fingerprint density at radius 2 is 1.85 bits per heavy atom. The van der Waals surface area contributed by atoms with E-state index < -0.39 is 0 Å². The molecule has 1 saturated heterocycles. The fourth-order valence-electron chi connectivity index (χ4n) is 3.13. The lowest BCUT2D eigenvalue weighted by Gasteiger charge is -2.45. The quantitative estimate of drug-likeness (QED) is 0.388. The standard InChI is InChI=1S/C19H31FN4O.HI/c1-14-11-24(12-15(2)25-14)19(3,4)13-23-18(21-5)22-10-16-8-6-7-9-17(16)20;/h6-9,14-15H,10-13H2,1-5H3,(H2,21,22,23);1H. The topological polar surface area (TPSA) is 48.9 Å². The number of rotatable bonds is 5. The van der Waals surface area contributed by atoms with E-state index in [4.69, 9.17) is 4.74 Å². The van der Waals surface area contributed by atoms with Crippen LogP contribution in [0.25, 0.3) is 0 Å². The first-order valence-electron chi connectivity index (χ1n) is 8.90. The van der Waals surface area contributed by atoms with Gasteiger partial charge in [-0.05, 0) is 33.8 Å². The summed E-state index contributed by atoms with van der Waals surface area (Å²) in [6.45, 7) is 11.6. The maximum absolute atomic E-state index is 13.7. The van der Waals surface area contributed by atoms with E-state index in [1.54, 1.807) is 19.2 Å². The lowest BCUT2D eigenvalue weighted by Crippen LogP contribution is -2.59. The molecule has 2 rings (SSSR count). The molecular formula is C19H32FIN4O. The first kappa shape index (κ1) is 23.1. The van der Waals surface area contributed by atoms with Crippen molar-refractivity contribution in [3.05, 3.63) is 35.6 Å². The zero-order valence-corrected chi connectivity index (χ0v) is 18.7. The van der Waals surface area contributed by atoms with Crippen LogP contribution in [0.4, 0.5) is 4.39 Å². The molecule has 1 heterocycles. The monoisotopic (exact) mass is 478 g/mol. The molecule has 1 aromatic carbocycles. The number of morpholine rings is 1. The number of aliphatic imine (C=N–C) groups is 1. The summed E-state index contributed by atoms with van der Waals surface area (Å²) in [6, 6.07) is 6.77.